The van der Waals surface area contributed by atoms with Gasteiger partial charge in [0.25, 0.3) is 0 Å². The van der Waals surface area contributed by atoms with Crippen LogP contribution in [0.1, 0.15) is 18.4 Å². The molecule has 1 N–H and O–H groups in total. The zero-order valence-corrected chi connectivity index (χ0v) is 16.2. The van der Waals surface area contributed by atoms with Crippen LogP contribution in [-0.2, 0) is 11.3 Å². The topological polar surface area (TPSA) is 32.3 Å². The molecule has 7 heteroatoms. The number of nitrogens with one attached hydrogen (secondary N) is 1. The second kappa shape index (κ2) is 8.57. The number of hydrogen-bond donors (Lipinski definition) is 1. The van der Waals surface area contributed by atoms with E-state index in [1.807, 2.05) is 0 Å². The van der Waals surface area contributed by atoms with Crippen LogP contribution in [0.25, 0.3) is 0 Å². The number of piperidine rings is 1. The molecule has 0 atom stereocenters. The molecule has 0 aliphatic carbocycles. The average molecular weight is 416 g/mol. The summed E-state index contributed by atoms with van der Waals surface area (Å²) < 4.78 is 13.9. The van der Waals surface area contributed by atoms with Crippen LogP contribution in [0.5, 0.6) is 0 Å². The van der Waals surface area contributed by atoms with Crippen molar-refractivity contribution < 1.29 is 9.18 Å². The second-order valence-electron chi connectivity index (χ2n) is 6.43. The first-order chi connectivity index (χ1) is 12.4. The average Bonchev–Trinajstić information content (AvgIpc) is 2.57. The highest BCUT2D eigenvalue weighted by molar-refractivity contribution is 6.35. The van der Waals surface area contributed by atoms with E-state index < -0.39 is 0 Å². The van der Waals surface area contributed by atoms with E-state index in [-0.39, 0.29) is 17.6 Å². The van der Waals surface area contributed by atoms with Crippen molar-refractivity contribution in [3.63, 3.8) is 0 Å². The van der Waals surface area contributed by atoms with E-state index in [0.29, 0.717) is 32.9 Å². The van der Waals surface area contributed by atoms with E-state index in [9.17, 15) is 9.18 Å². The molecule has 0 bridgehead atoms. The predicted octanol–water partition coefficient (Wildman–Crippen LogP) is 5.64. The molecule has 1 saturated heterocycles. The Morgan fingerprint density at radius 1 is 1.04 bits per heavy atom. The van der Waals surface area contributed by atoms with Crippen molar-refractivity contribution in [1.29, 1.82) is 0 Å². The summed E-state index contributed by atoms with van der Waals surface area (Å²) in [6.45, 7) is 1.98. The molecule has 26 heavy (non-hydrogen) atoms. The van der Waals surface area contributed by atoms with Crippen LogP contribution in [-0.4, -0.2) is 23.9 Å². The lowest BCUT2D eigenvalue weighted by molar-refractivity contribution is -0.121. The number of halogens is 4. The Bertz CT molecular complexity index is 787. The third kappa shape index (κ3) is 5.10. The largest absolute Gasteiger partial charge is 0.326 e. The molecule has 3 nitrogen and oxygen atoms in total. The first-order valence-corrected chi connectivity index (χ1v) is 9.47. The van der Waals surface area contributed by atoms with E-state index >= 15 is 0 Å². The molecule has 1 amide bonds. The molecule has 0 saturated carbocycles. The van der Waals surface area contributed by atoms with Crippen LogP contribution in [0.15, 0.2) is 36.4 Å². The summed E-state index contributed by atoms with van der Waals surface area (Å²) in [5, 5.41) is 4.22. The molecule has 0 unspecified atom stereocenters. The Morgan fingerprint density at radius 2 is 1.69 bits per heavy atom. The molecule has 1 aliphatic heterocycles. The van der Waals surface area contributed by atoms with Gasteiger partial charge in [-0.05, 0) is 56.3 Å². The normalized spacial score (nSPS) is 15.8. The smallest absolute Gasteiger partial charge is 0.227 e. The first kappa shape index (κ1) is 19.4. The fourth-order valence-electron chi connectivity index (χ4n) is 3.11. The Morgan fingerprint density at radius 3 is 2.31 bits per heavy atom. The Kier molecular flexibility index (Phi) is 6.41. The van der Waals surface area contributed by atoms with Gasteiger partial charge in [-0.25, -0.2) is 4.39 Å². The highest BCUT2D eigenvalue weighted by Gasteiger charge is 2.25. The van der Waals surface area contributed by atoms with Crippen LogP contribution >= 0.6 is 34.8 Å². The van der Waals surface area contributed by atoms with Gasteiger partial charge in [0.2, 0.25) is 5.91 Å². The lowest BCUT2D eigenvalue weighted by Crippen LogP contribution is -2.37. The summed E-state index contributed by atoms with van der Waals surface area (Å²) in [5.41, 5.74) is 1.21. The number of likely N-dealkylation sites (tertiary alicyclic amines) is 1. The van der Waals surface area contributed by atoms with Gasteiger partial charge in [0.1, 0.15) is 5.82 Å². The number of amides is 1. The van der Waals surface area contributed by atoms with Gasteiger partial charge in [-0.2, -0.15) is 0 Å². The molecule has 1 heterocycles. The van der Waals surface area contributed by atoms with Crippen LogP contribution in [0.4, 0.5) is 10.1 Å². The summed E-state index contributed by atoms with van der Waals surface area (Å²) in [6, 6.07) is 9.68. The fourth-order valence-corrected chi connectivity index (χ4v) is 3.80. The molecule has 1 aliphatic rings. The SMILES string of the molecule is O=C(Nc1cc(Cl)cc(Cl)c1)C1CCN(Cc2ccc(Cl)cc2F)CC1. The molecule has 2 aromatic carbocycles. The monoisotopic (exact) mass is 414 g/mol. The summed E-state index contributed by atoms with van der Waals surface area (Å²) in [4.78, 5) is 14.6. The fraction of sp³-hybridized carbons (Fsp3) is 0.316. The van der Waals surface area contributed by atoms with Crippen molar-refractivity contribution in [2.75, 3.05) is 18.4 Å². The lowest BCUT2D eigenvalue weighted by atomic mass is 9.95. The maximum atomic E-state index is 13.9. The molecule has 1 fully saturated rings. The zero-order chi connectivity index (χ0) is 18.7. The van der Waals surface area contributed by atoms with E-state index in [0.717, 1.165) is 25.9 Å². The maximum Gasteiger partial charge on any atom is 0.227 e. The summed E-state index contributed by atoms with van der Waals surface area (Å²) in [7, 11) is 0. The van der Waals surface area contributed by atoms with Crippen molar-refractivity contribution in [3.05, 3.63) is 62.8 Å². The van der Waals surface area contributed by atoms with Gasteiger partial charge >= 0.3 is 0 Å². The summed E-state index contributed by atoms with van der Waals surface area (Å²) in [6.07, 6.45) is 1.44. The maximum absolute atomic E-state index is 13.9. The van der Waals surface area contributed by atoms with Gasteiger partial charge in [0.15, 0.2) is 0 Å². The highest BCUT2D eigenvalue weighted by Crippen LogP contribution is 2.25. The van der Waals surface area contributed by atoms with Crippen molar-refractivity contribution >= 4 is 46.4 Å². The zero-order valence-electron chi connectivity index (χ0n) is 13.9. The molecule has 138 valence electrons. The van der Waals surface area contributed by atoms with Crippen molar-refractivity contribution in [3.8, 4) is 0 Å². The van der Waals surface area contributed by atoms with E-state index in [2.05, 4.69) is 10.2 Å². The number of carbonyl (C=O) groups is 1. The first-order valence-electron chi connectivity index (χ1n) is 8.34. The summed E-state index contributed by atoms with van der Waals surface area (Å²) >= 11 is 17.7. The number of rotatable bonds is 4. The molecule has 2 aromatic rings. The third-order valence-electron chi connectivity index (χ3n) is 4.50. The second-order valence-corrected chi connectivity index (χ2v) is 7.74. The third-order valence-corrected chi connectivity index (χ3v) is 5.17. The minimum atomic E-state index is -0.296. The van der Waals surface area contributed by atoms with Crippen molar-refractivity contribution in [1.82, 2.24) is 4.90 Å². The Labute approximate surface area is 167 Å². The lowest BCUT2D eigenvalue weighted by Gasteiger charge is -2.31. The van der Waals surface area contributed by atoms with Crippen LogP contribution in [0.3, 0.4) is 0 Å². The van der Waals surface area contributed by atoms with Gasteiger partial charge in [0, 0.05) is 38.8 Å². The quantitative estimate of drug-likeness (QED) is 0.701. The van der Waals surface area contributed by atoms with Crippen LogP contribution < -0.4 is 5.32 Å². The van der Waals surface area contributed by atoms with Gasteiger partial charge < -0.3 is 5.32 Å². The standard InChI is InChI=1S/C19H18Cl3FN2O/c20-14-2-1-13(18(23)10-14)11-25-5-3-12(4-6-25)19(26)24-17-8-15(21)7-16(22)9-17/h1-2,7-10,12H,3-6,11H2,(H,24,26). The van der Waals surface area contributed by atoms with E-state index in [4.69, 9.17) is 34.8 Å². The number of benzene rings is 2. The van der Waals surface area contributed by atoms with Crippen molar-refractivity contribution in [2.24, 2.45) is 5.92 Å². The van der Waals surface area contributed by atoms with Gasteiger partial charge in [0.05, 0.1) is 0 Å². The molecule has 0 aromatic heterocycles. The molecule has 3 rings (SSSR count). The summed E-state index contributed by atoms with van der Waals surface area (Å²) in [5.74, 6) is -0.421. The minimum Gasteiger partial charge on any atom is -0.326 e. The number of hydrogen-bond acceptors (Lipinski definition) is 2. The van der Waals surface area contributed by atoms with Gasteiger partial charge in [-0.1, -0.05) is 40.9 Å². The number of carbonyl (C=O) groups excluding carboxylic acids is 1. The number of nitrogens with zero attached hydrogens (tertiary/aromatic N) is 1. The van der Waals surface area contributed by atoms with Gasteiger partial charge in [-0.15, -0.1) is 0 Å². The minimum absolute atomic E-state index is 0.0411. The molecular formula is C19H18Cl3FN2O. The van der Waals surface area contributed by atoms with Gasteiger partial charge in [-0.3, -0.25) is 9.69 Å². The molecular weight excluding hydrogens is 398 g/mol. The number of anilines is 1. The molecule has 0 radical (unpaired) electrons. The highest BCUT2D eigenvalue weighted by atomic mass is 35.5. The van der Waals surface area contributed by atoms with E-state index in [1.54, 1.807) is 30.3 Å². The Balaban J connectivity index is 1.53. The van der Waals surface area contributed by atoms with Crippen molar-refractivity contribution in [2.45, 2.75) is 19.4 Å². The van der Waals surface area contributed by atoms with E-state index in [1.165, 1.54) is 6.07 Å². The Hall–Kier alpha value is -1.33. The predicted molar refractivity (Wildman–Crippen MR) is 105 cm³/mol. The molecule has 0 spiro atoms. The van der Waals surface area contributed by atoms with Crippen LogP contribution in [0, 0.1) is 11.7 Å². The van der Waals surface area contributed by atoms with Crippen LogP contribution in [0.2, 0.25) is 15.1 Å².